The number of nitriles is 1. The second kappa shape index (κ2) is 7.35. The molecule has 0 spiro atoms. The van der Waals surface area contributed by atoms with Crippen molar-refractivity contribution in [2.24, 2.45) is 10.8 Å². The van der Waals surface area contributed by atoms with Crippen LogP contribution in [0.3, 0.4) is 0 Å². The number of hydrogen-bond acceptors (Lipinski definition) is 5. The first-order valence-electron chi connectivity index (χ1n) is 5.48. The molecule has 94 valence electrons. The molecule has 0 atom stereocenters. The summed E-state index contributed by atoms with van der Waals surface area (Å²) in [5, 5.41) is 19.5. The predicted octanol–water partition coefficient (Wildman–Crippen LogP) is 2.42. The average Bonchev–Trinajstić information content (AvgIpc) is 2.38. The molecule has 18 heavy (non-hydrogen) atoms. The lowest BCUT2D eigenvalue weighted by Gasteiger charge is -2.03. The molecule has 0 bridgehead atoms. The van der Waals surface area contributed by atoms with Crippen molar-refractivity contribution in [2.75, 3.05) is 11.2 Å². The third-order valence-corrected chi connectivity index (χ3v) is 3.20. The first-order valence-corrected chi connectivity index (χ1v) is 6.47. The first kappa shape index (κ1) is 14.1. The predicted molar refractivity (Wildman–Crippen MR) is 76.0 cm³/mol. The highest BCUT2D eigenvalue weighted by molar-refractivity contribution is 7.99. The van der Waals surface area contributed by atoms with Crippen LogP contribution in [0.15, 0.2) is 34.3 Å². The molecule has 0 amide bonds. The van der Waals surface area contributed by atoms with E-state index < -0.39 is 0 Å². The van der Waals surface area contributed by atoms with Crippen LogP contribution in [0, 0.1) is 16.7 Å². The van der Waals surface area contributed by atoms with Gasteiger partial charge in [0.15, 0.2) is 5.84 Å². The topological polar surface area (TPSA) is 98.0 Å². The number of thioether (sulfide) groups is 1. The molecule has 0 aliphatic heterocycles. The molecule has 0 saturated heterocycles. The van der Waals surface area contributed by atoms with E-state index in [2.05, 4.69) is 17.5 Å². The zero-order valence-corrected chi connectivity index (χ0v) is 10.9. The molecule has 0 aliphatic rings. The van der Waals surface area contributed by atoms with Gasteiger partial charge in [0.25, 0.3) is 0 Å². The summed E-state index contributed by atoms with van der Waals surface area (Å²) in [5.74, 6) is 0.744. The monoisotopic (exact) mass is 261 g/mol. The van der Waals surface area contributed by atoms with Crippen LogP contribution in [-0.4, -0.2) is 17.3 Å². The van der Waals surface area contributed by atoms with Gasteiger partial charge in [-0.2, -0.15) is 10.4 Å². The zero-order chi connectivity index (χ0) is 13.4. The Morgan fingerprint density at radius 3 is 2.67 bits per heavy atom. The van der Waals surface area contributed by atoms with Crippen LogP contribution in [0.1, 0.15) is 13.3 Å². The Balaban J connectivity index is 2.64. The normalized spacial score (nSPS) is 10.8. The second-order valence-electron chi connectivity index (χ2n) is 3.47. The average molecular weight is 261 g/mol. The molecule has 1 aromatic carbocycles. The standard InChI is InChI=1S/C12H15N5S/c1-2-7-18-10-5-3-9(4-6-10)16-17-11(8-13)12(14)15/h3-6,16H,2,7H2,1H3,(H3,14,15)/b17-11+. The summed E-state index contributed by atoms with van der Waals surface area (Å²) in [6.45, 7) is 2.14. The quantitative estimate of drug-likeness (QED) is 0.317. The van der Waals surface area contributed by atoms with Crippen LogP contribution in [-0.2, 0) is 0 Å². The Kier molecular flexibility index (Phi) is 5.74. The van der Waals surface area contributed by atoms with Gasteiger partial charge >= 0.3 is 0 Å². The van der Waals surface area contributed by atoms with E-state index in [0.29, 0.717) is 0 Å². The maximum Gasteiger partial charge on any atom is 0.201 e. The van der Waals surface area contributed by atoms with E-state index in [-0.39, 0.29) is 11.5 Å². The number of nitrogens with zero attached hydrogens (tertiary/aromatic N) is 2. The van der Waals surface area contributed by atoms with Gasteiger partial charge in [0, 0.05) is 4.90 Å². The van der Waals surface area contributed by atoms with Gasteiger partial charge in [-0.1, -0.05) is 6.92 Å². The summed E-state index contributed by atoms with van der Waals surface area (Å²) in [7, 11) is 0. The Morgan fingerprint density at radius 2 is 2.17 bits per heavy atom. The second-order valence-corrected chi connectivity index (χ2v) is 4.64. The first-order chi connectivity index (χ1) is 8.67. The molecule has 0 saturated carbocycles. The summed E-state index contributed by atoms with van der Waals surface area (Å²) < 4.78 is 0. The largest absolute Gasteiger partial charge is 0.382 e. The van der Waals surface area contributed by atoms with Gasteiger partial charge in [-0.3, -0.25) is 10.8 Å². The molecule has 6 heteroatoms. The van der Waals surface area contributed by atoms with Crippen LogP contribution >= 0.6 is 11.8 Å². The molecule has 1 rings (SSSR count). The molecule has 4 N–H and O–H groups in total. The highest BCUT2D eigenvalue weighted by Crippen LogP contribution is 2.20. The Bertz CT molecular complexity index is 472. The summed E-state index contributed by atoms with van der Waals surface area (Å²) in [4.78, 5) is 1.19. The van der Waals surface area contributed by atoms with Gasteiger partial charge < -0.3 is 5.73 Å². The maximum atomic E-state index is 8.67. The van der Waals surface area contributed by atoms with Gasteiger partial charge in [-0.05, 0) is 36.4 Å². The maximum absolute atomic E-state index is 8.67. The smallest absolute Gasteiger partial charge is 0.201 e. The molecule has 1 aromatic rings. The van der Waals surface area contributed by atoms with Gasteiger partial charge in [0.05, 0.1) is 5.69 Å². The fourth-order valence-electron chi connectivity index (χ4n) is 1.11. The van der Waals surface area contributed by atoms with E-state index in [1.165, 1.54) is 4.90 Å². The number of rotatable bonds is 6. The summed E-state index contributed by atoms with van der Waals surface area (Å²) in [5.41, 5.74) is 8.50. The molecule has 0 heterocycles. The zero-order valence-electron chi connectivity index (χ0n) is 10.1. The third-order valence-electron chi connectivity index (χ3n) is 1.98. The van der Waals surface area contributed by atoms with Crippen molar-refractivity contribution in [3.8, 4) is 6.07 Å². The molecule has 0 aliphatic carbocycles. The van der Waals surface area contributed by atoms with Crippen molar-refractivity contribution in [1.82, 2.24) is 0 Å². The molecule has 0 fully saturated rings. The molecule has 0 unspecified atom stereocenters. The Morgan fingerprint density at radius 1 is 1.50 bits per heavy atom. The van der Waals surface area contributed by atoms with E-state index in [4.69, 9.17) is 16.4 Å². The van der Waals surface area contributed by atoms with Crippen molar-refractivity contribution in [1.29, 1.82) is 10.7 Å². The van der Waals surface area contributed by atoms with E-state index in [1.807, 2.05) is 24.3 Å². The Labute approximate surface area is 111 Å². The number of anilines is 1. The number of hydrazone groups is 1. The number of nitrogens with two attached hydrogens (primary N) is 1. The minimum Gasteiger partial charge on any atom is -0.382 e. The van der Waals surface area contributed by atoms with Crippen LogP contribution in [0.25, 0.3) is 0 Å². The van der Waals surface area contributed by atoms with Crippen LogP contribution in [0.4, 0.5) is 5.69 Å². The van der Waals surface area contributed by atoms with Crippen molar-refractivity contribution in [2.45, 2.75) is 18.2 Å². The minimum atomic E-state index is -0.347. The van der Waals surface area contributed by atoms with Crippen molar-refractivity contribution in [3.63, 3.8) is 0 Å². The van der Waals surface area contributed by atoms with E-state index in [9.17, 15) is 0 Å². The van der Waals surface area contributed by atoms with Crippen molar-refractivity contribution < 1.29 is 0 Å². The van der Waals surface area contributed by atoms with Gasteiger partial charge in [0.1, 0.15) is 6.07 Å². The fraction of sp³-hybridized carbons (Fsp3) is 0.250. The van der Waals surface area contributed by atoms with Crippen LogP contribution in [0.5, 0.6) is 0 Å². The molecule has 5 nitrogen and oxygen atoms in total. The molecule has 0 aromatic heterocycles. The highest BCUT2D eigenvalue weighted by atomic mass is 32.2. The van der Waals surface area contributed by atoms with Gasteiger partial charge in [-0.15, -0.1) is 11.8 Å². The van der Waals surface area contributed by atoms with Crippen LogP contribution in [0.2, 0.25) is 0 Å². The van der Waals surface area contributed by atoms with Gasteiger partial charge in [0.2, 0.25) is 5.71 Å². The Hall–Kier alpha value is -2.00. The third kappa shape index (κ3) is 4.47. The summed E-state index contributed by atoms with van der Waals surface area (Å²) in [6, 6.07) is 9.46. The summed E-state index contributed by atoms with van der Waals surface area (Å²) in [6.07, 6.45) is 1.14. The number of hydrogen-bond donors (Lipinski definition) is 3. The van der Waals surface area contributed by atoms with Crippen molar-refractivity contribution in [3.05, 3.63) is 24.3 Å². The van der Waals surface area contributed by atoms with E-state index in [1.54, 1.807) is 17.8 Å². The van der Waals surface area contributed by atoms with Gasteiger partial charge in [-0.25, -0.2) is 0 Å². The van der Waals surface area contributed by atoms with Crippen molar-refractivity contribution >= 4 is 29.0 Å². The lowest BCUT2D eigenvalue weighted by Crippen LogP contribution is -2.21. The SMILES string of the molecule is CCCSc1ccc(N/N=C(\C#N)C(=N)N)cc1. The number of nitrogens with one attached hydrogen (secondary N) is 2. The lowest BCUT2D eigenvalue weighted by molar-refractivity contribution is 1.10. The molecular formula is C12H15N5S. The fourth-order valence-corrected chi connectivity index (χ4v) is 1.88. The van der Waals surface area contributed by atoms with Crippen LogP contribution < -0.4 is 11.2 Å². The van der Waals surface area contributed by atoms with E-state index in [0.717, 1.165) is 17.9 Å². The minimum absolute atomic E-state index is 0.126. The highest BCUT2D eigenvalue weighted by Gasteiger charge is 2.00. The summed E-state index contributed by atoms with van der Waals surface area (Å²) >= 11 is 1.79. The molecule has 0 radical (unpaired) electrons. The number of amidine groups is 1. The molecular weight excluding hydrogens is 246 g/mol. The van der Waals surface area contributed by atoms with E-state index >= 15 is 0 Å². The lowest BCUT2D eigenvalue weighted by atomic mass is 10.3. The number of benzene rings is 1.